The third kappa shape index (κ3) is 11.3. The first-order valence-corrected chi connectivity index (χ1v) is 20.4. The van der Waals surface area contributed by atoms with Crippen LogP contribution in [-0.4, -0.2) is 79.5 Å². The lowest BCUT2D eigenvalue weighted by Crippen LogP contribution is -2.51. The molecule has 5 N–H and O–H groups in total. The molecule has 0 bridgehead atoms. The topological polar surface area (TPSA) is 184 Å². The van der Waals surface area contributed by atoms with Crippen molar-refractivity contribution in [2.24, 2.45) is 0 Å². The van der Waals surface area contributed by atoms with Crippen molar-refractivity contribution in [3.63, 3.8) is 0 Å². The smallest absolute Gasteiger partial charge is 0.497 e. The highest BCUT2D eigenvalue weighted by molar-refractivity contribution is 7.46. The van der Waals surface area contributed by atoms with Crippen molar-refractivity contribution in [2.45, 2.75) is 64.1 Å². The first-order chi connectivity index (χ1) is 27.2. The number of ether oxygens (including phenoxy) is 2. The molecule has 1 aromatic heterocycles. The molecular formula is C42H51ClN3O10P. The van der Waals surface area contributed by atoms with Crippen LogP contribution in [0.3, 0.4) is 0 Å². The maximum atomic E-state index is 12.6. The van der Waals surface area contributed by atoms with Gasteiger partial charge in [0.1, 0.15) is 29.9 Å². The van der Waals surface area contributed by atoms with E-state index in [-0.39, 0.29) is 17.2 Å². The van der Waals surface area contributed by atoms with E-state index in [1.807, 2.05) is 84.9 Å². The fraction of sp³-hybridized carbons (Fsp3) is 0.333. The molecule has 1 saturated heterocycles. The maximum Gasteiger partial charge on any atom is 0.524 e. The molecule has 2 heterocycles. The summed E-state index contributed by atoms with van der Waals surface area (Å²) in [6.07, 6.45) is -2.79. The summed E-state index contributed by atoms with van der Waals surface area (Å²) in [5.74, 6) is 0.649. The molecule has 6 rings (SSSR count). The summed E-state index contributed by atoms with van der Waals surface area (Å²) in [6, 6.07) is 32.7. The molecule has 1 aliphatic heterocycles. The lowest BCUT2D eigenvalue weighted by atomic mass is 9.64. The highest BCUT2D eigenvalue weighted by Gasteiger charge is 2.52. The molecular weight excluding hydrogens is 773 g/mol. The molecule has 1 aliphatic rings. The van der Waals surface area contributed by atoms with Crippen LogP contribution in [-0.2, 0) is 14.7 Å². The largest absolute Gasteiger partial charge is 0.524 e. The minimum Gasteiger partial charge on any atom is -0.497 e. The molecule has 0 amide bonds. The first kappa shape index (κ1) is 45.1. The number of phosphoric ester groups is 1. The number of para-hydroxylation sites is 1. The molecule has 4 atom stereocenters. The molecule has 0 aliphatic carbocycles. The molecule has 0 radical (unpaired) electrons. The van der Waals surface area contributed by atoms with Crippen LogP contribution < -0.4 is 20.5 Å². The number of hydrogen-bond donors (Lipinski definition) is 5. The van der Waals surface area contributed by atoms with Crippen LogP contribution in [0, 0.1) is 6.92 Å². The Balaban J connectivity index is 0.000000312. The summed E-state index contributed by atoms with van der Waals surface area (Å²) in [5.41, 5.74) is 0.475. The number of aromatic nitrogens is 2. The number of phosphoric acid groups is 1. The van der Waals surface area contributed by atoms with Crippen LogP contribution in [0.1, 0.15) is 55.7 Å². The number of aliphatic hydroxyl groups excluding tert-OH is 2. The Labute approximate surface area is 337 Å². The second-order valence-electron chi connectivity index (χ2n) is 13.2. The summed E-state index contributed by atoms with van der Waals surface area (Å²) in [4.78, 5) is 45.9. The van der Waals surface area contributed by atoms with Gasteiger partial charge in [-0.1, -0.05) is 117 Å². The van der Waals surface area contributed by atoms with Crippen molar-refractivity contribution in [2.75, 3.05) is 26.7 Å². The number of halogens is 1. The third-order valence-corrected chi connectivity index (χ3v) is 10.5. The molecule has 306 valence electrons. The van der Waals surface area contributed by atoms with Crippen molar-refractivity contribution in [3.05, 3.63) is 164 Å². The Bertz CT molecular complexity index is 2110. The van der Waals surface area contributed by atoms with Gasteiger partial charge < -0.3 is 29.1 Å². The normalized spacial score (nSPS) is 17.1. The van der Waals surface area contributed by atoms with Crippen LogP contribution in [0.2, 0.25) is 5.02 Å². The monoisotopic (exact) mass is 823 g/mol. The van der Waals surface area contributed by atoms with Gasteiger partial charge in [0, 0.05) is 18.2 Å². The Morgan fingerprint density at radius 2 is 1.39 bits per heavy atom. The van der Waals surface area contributed by atoms with E-state index in [4.69, 9.17) is 30.9 Å². The Hall–Kier alpha value is -4.56. The van der Waals surface area contributed by atoms with Gasteiger partial charge in [-0.2, -0.15) is 0 Å². The molecule has 15 heteroatoms. The summed E-state index contributed by atoms with van der Waals surface area (Å²) in [5, 5.41) is 23.7. The van der Waals surface area contributed by atoms with Crippen LogP contribution in [0.25, 0.3) is 0 Å². The van der Waals surface area contributed by atoms with Crippen molar-refractivity contribution < 1.29 is 38.6 Å². The maximum absolute atomic E-state index is 12.6. The number of aliphatic hydroxyl groups is 2. The molecule has 57 heavy (non-hydrogen) atoms. The number of rotatable bonds is 12. The second-order valence-corrected chi connectivity index (χ2v) is 14.8. The SMILES string of the molecule is CCN(CC)CC.COc1ccc(C(c2ccccc2)(c2ccccc2)C(O)[C@H]2O[C@@H](n3cc(C)c(=O)[nH]c3=O)C[C@@H]2O)cc1.O=P(O)(O)Oc1ccccc1Cl. The molecule has 1 unspecified atom stereocenters. The molecule has 5 aromatic rings. The predicted molar refractivity (Wildman–Crippen MR) is 220 cm³/mol. The van der Waals surface area contributed by atoms with Crippen molar-refractivity contribution >= 4 is 19.4 Å². The second kappa shape index (κ2) is 20.7. The molecule has 0 saturated carbocycles. The Morgan fingerprint density at radius 3 is 1.86 bits per heavy atom. The van der Waals surface area contributed by atoms with E-state index in [0.717, 1.165) is 16.7 Å². The zero-order valence-corrected chi connectivity index (χ0v) is 34.2. The third-order valence-electron chi connectivity index (χ3n) is 9.75. The van der Waals surface area contributed by atoms with E-state index in [0.29, 0.717) is 11.3 Å². The number of nitrogens with one attached hydrogen (secondary N) is 1. The van der Waals surface area contributed by atoms with E-state index >= 15 is 0 Å². The Morgan fingerprint density at radius 1 is 0.877 bits per heavy atom. The number of methoxy groups -OCH3 is 1. The van der Waals surface area contributed by atoms with Gasteiger partial charge >= 0.3 is 13.5 Å². The van der Waals surface area contributed by atoms with Crippen LogP contribution in [0.15, 0.2) is 125 Å². The van der Waals surface area contributed by atoms with E-state index in [1.54, 1.807) is 26.2 Å². The van der Waals surface area contributed by atoms with Gasteiger partial charge in [-0.25, -0.2) is 9.36 Å². The van der Waals surface area contributed by atoms with Gasteiger partial charge in [0.25, 0.3) is 5.56 Å². The zero-order chi connectivity index (χ0) is 41.8. The average Bonchev–Trinajstić information content (AvgIpc) is 3.60. The van der Waals surface area contributed by atoms with Gasteiger partial charge in [-0.15, -0.1) is 0 Å². The van der Waals surface area contributed by atoms with Gasteiger partial charge in [-0.3, -0.25) is 24.1 Å². The highest BCUT2D eigenvalue weighted by atomic mass is 35.5. The van der Waals surface area contributed by atoms with Crippen LogP contribution in [0.4, 0.5) is 0 Å². The van der Waals surface area contributed by atoms with E-state index in [1.165, 1.54) is 42.5 Å². The summed E-state index contributed by atoms with van der Waals surface area (Å²) >= 11 is 5.56. The molecule has 13 nitrogen and oxygen atoms in total. The lowest BCUT2D eigenvalue weighted by Gasteiger charge is -2.42. The number of nitrogens with zero attached hydrogens (tertiary/aromatic N) is 2. The fourth-order valence-corrected chi connectivity index (χ4v) is 7.41. The first-order valence-electron chi connectivity index (χ1n) is 18.5. The summed E-state index contributed by atoms with van der Waals surface area (Å²) in [7, 11) is -2.91. The van der Waals surface area contributed by atoms with Crippen LogP contribution in [0.5, 0.6) is 11.5 Å². The number of hydrogen-bond acceptors (Lipinski definition) is 9. The minimum atomic E-state index is -4.50. The summed E-state index contributed by atoms with van der Waals surface area (Å²) < 4.78 is 27.5. The Kier molecular flexibility index (Phi) is 16.4. The van der Waals surface area contributed by atoms with E-state index < -0.39 is 49.0 Å². The quantitative estimate of drug-likeness (QED) is 0.0729. The van der Waals surface area contributed by atoms with E-state index in [9.17, 15) is 24.4 Å². The van der Waals surface area contributed by atoms with Gasteiger partial charge in [-0.05, 0) is 67.5 Å². The lowest BCUT2D eigenvalue weighted by molar-refractivity contribution is -0.0976. The standard InChI is InChI=1S/C30H30N2O6.C6H6ClO4P.C6H15N/c1-19-18-32(29(36)31-28(19)35)25-17-24(33)26(38-25)27(34)30(20-9-5-3-6-10-20,21-11-7-4-8-12-21)22-13-15-23(37-2)16-14-22;7-5-3-1-2-4-6(5)11-12(8,9)10;1-4-7(5-2)6-3/h3-16,18,24-27,33-34H,17H2,1-2H3,(H,31,35,36);1-4H,(H2,8,9,10);4-6H2,1-3H3/t24-,25+,26-,27?;;/m0../s1. The number of aromatic amines is 1. The minimum absolute atomic E-state index is 0.0208. The fourth-order valence-electron chi connectivity index (χ4n) is 6.76. The van der Waals surface area contributed by atoms with Gasteiger partial charge in [0.15, 0.2) is 0 Å². The predicted octanol–water partition coefficient (Wildman–Crippen LogP) is 6.06. The number of aryl methyl sites for hydroxylation is 1. The van der Waals surface area contributed by atoms with Gasteiger partial charge in [0.05, 0.1) is 23.7 Å². The van der Waals surface area contributed by atoms with Crippen molar-refractivity contribution in [3.8, 4) is 11.5 Å². The molecule has 0 spiro atoms. The zero-order valence-electron chi connectivity index (χ0n) is 32.6. The highest BCUT2D eigenvalue weighted by Crippen LogP contribution is 2.47. The van der Waals surface area contributed by atoms with E-state index in [2.05, 4.69) is 35.2 Å². The van der Waals surface area contributed by atoms with Crippen LogP contribution >= 0.6 is 19.4 Å². The van der Waals surface area contributed by atoms with Crippen molar-refractivity contribution in [1.29, 1.82) is 0 Å². The molecule has 1 fully saturated rings. The average molecular weight is 824 g/mol. The number of H-pyrrole nitrogens is 1. The number of benzene rings is 4. The summed E-state index contributed by atoms with van der Waals surface area (Å²) in [6.45, 7) is 11.7. The van der Waals surface area contributed by atoms with Gasteiger partial charge in [0.2, 0.25) is 0 Å². The molecule has 4 aromatic carbocycles. The van der Waals surface area contributed by atoms with Crippen molar-refractivity contribution in [1.82, 2.24) is 14.5 Å².